The van der Waals surface area contributed by atoms with E-state index in [9.17, 15) is 5.26 Å². The first-order chi connectivity index (χ1) is 8.52. The summed E-state index contributed by atoms with van der Waals surface area (Å²) in [5.74, 6) is 0. The topological polar surface area (TPSA) is 27.0 Å². The van der Waals surface area contributed by atoms with Gasteiger partial charge in [-0.1, -0.05) is 19.9 Å². The Morgan fingerprint density at radius 1 is 1.22 bits per heavy atom. The van der Waals surface area contributed by atoms with Crippen molar-refractivity contribution in [2.45, 2.75) is 40.0 Å². The second kappa shape index (κ2) is 5.02. The van der Waals surface area contributed by atoms with Crippen molar-refractivity contribution in [3.05, 3.63) is 29.3 Å². The van der Waals surface area contributed by atoms with Gasteiger partial charge in [0.15, 0.2) is 0 Å². The molecule has 1 aliphatic heterocycles. The second-order valence-corrected chi connectivity index (χ2v) is 6.14. The minimum atomic E-state index is 0.436. The number of nitriles is 1. The van der Waals surface area contributed by atoms with Crippen molar-refractivity contribution in [1.29, 1.82) is 5.26 Å². The van der Waals surface area contributed by atoms with Crippen molar-refractivity contribution >= 4 is 5.69 Å². The summed E-state index contributed by atoms with van der Waals surface area (Å²) in [6.45, 7) is 8.91. The normalized spacial score (nSPS) is 19.1. The van der Waals surface area contributed by atoms with Gasteiger partial charge in [-0.2, -0.15) is 5.26 Å². The zero-order chi connectivity index (χ0) is 13.2. The van der Waals surface area contributed by atoms with Gasteiger partial charge in [0.25, 0.3) is 0 Å². The Morgan fingerprint density at radius 2 is 2.00 bits per heavy atom. The molecule has 0 amide bonds. The van der Waals surface area contributed by atoms with Crippen LogP contribution in [0.25, 0.3) is 0 Å². The molecule has 2 rings (SSSR count). The van der Waals surface area contributed by atoms with E-state index in [0.717, 1.165) is 24.3 Å². The Bertz CT molecular complexity index is 468. The maximum atomic E-state index is 9.24. The van der Waals surface area contributed by atoms with Gasteiger partial charge in [0.1, 0.15) is 6.07 Å². The molecule has 0 bridgehead atoms. The predicted octanol–water partition coefficient (Wildman–Crippen LogP) is 3.88. The standard InChI is InChI=1S/C16H22N2/c1-13-5-6-14(12-17)15(11-13)18-9-4-7-16(2,3)8-10-18/h5-6,11H,4,7-10H2,1-3H3. The first-order valence-electron chi connectivity index (χ1n) is 6.77. The van der Waals surface area contributed by atoms with E-state index in [1.54, 1.807) is 0 Å². The molecular weight excluding hydrogens is 220 g/mol. The lowest BCUT2D eigenvalue weighted by Gasteiger charge is -2.26. The lowest BCUT2D eigenvalue weighted by atomic mass is 9.85. The van der Waals surface area contributed by atoms with E-state index in [4.69, 9.17) is 0 Å². The van der Waals surface area contributed by atoms with Crippen molar-refractivity contribution < 1.29 is 0 Å². The van der Waals surface area contributed by atoms with Crippen LogP contribution in [0.2, 0.25) is 0 Å². The summed E-state index contributed by atoms with van der Waals surface area (Å²) < 4.78 is 0. The number of rotatable bonds is 1. The smallest absolute Gasteiger partial charge is 0.101 e. The van der Waals surface area contributed by atoms with Crippen LogP contribution in [0.3, 0.4) is 0 Å². The third kappa shape index (κ3) is 2.85. The summed E-state index contributed by atoms with van der Waals surface area (Å²) in [6, 6.07) is 8.43. The molecule has 0 spiro atoms. The lowest BCUT2D eigenvalue weighted by molar-refractivity contribution is 0.325. The fraction of sp³-hybridized carbons (Fsp3) is 0.562. The van der Waals surface area contributed by atoms with Crippen molar-refractivity contribution in [2.24, 2.45) is 5.41 Å². The molecule has 1 aromatic carbocycles. The number of nitrogens with zero attached hydrogens (tertiary/aromatic N) is 2. The van der Waals surface area contributed by atoms with E-state index in [1.807, 2.05) is 12.1 Å². The van der Waals surface area contributed by atoms with Gasteiger partial charge in [0, 0.05) is 13.1 Å². The van der Waals surface area contributed by atoms with Crippen LogP contribution in [0.4, 0.5) is 5.69 Å². The Balaban J connectivity index is 2.26. The molecule has 0 atom stereocenters. The van der Waals surface area contributed by atoms with Gasteiger partial charge < -0.3 is 4.90 Å². The van der Waals surface area contributed by atoms with Gasteiger partial charge in [-0.3, -0.25) is 0 Å². The van der Waals surface area contributed by atoms with Crippen molar-refractivity contribution in [3.63, 3.8) is 0 Å². The highest BCUT2D eigenvalue weighted by Crippen LogP contribution is 2.32. The molecule has 0 radical (unpaired) electrons. The van der Waals surface area contributed by atoms with Crippen LogP contribution >= 0.6 is 0 Å². The molecule has 0 saturated carbocycles. The minimum absolute atomic E-state index is 0.436. The van der Waals surface area contributed by atoms with E-state index in [1.165, 1.54) is 24.8 Å². The molecule has 1 aromatic rings. The SMILES string of the molecule is Cc1ccc(C#N)c(N2CCCC(C)(C)CC2)c1. The average Bonchev–Trinajstić information content (AvgIpc) is 2.50. The molecule has 18 heavy (non-hydrogen) atoms. The molecule has 0 aliphatic carbocycles. The van der Waals surface area contributed by atoms with E-state index < -0.39 is 0 Å². The minimum Gasteiger partial charge on any atom is -0.370 e. The molecule has 1 saturated heterocycles. The number of hydrogen-bond donors (Lipinski definition) is 0. The van der Waals surface area contributed by atoms with Gasteiger partial charge in [-0.15, -0.1) is 0 Å². The molecule has 2 nitrogen and oxygen atoms in total. The van der Waals surface area contributed by atoms with Crippen molar-refractivity contribution in [1.82, 2.24) is 0 Å². The maximum absolute atomic E-state index is 9.24. The molecule has 96 valence electrons. The molecule has 0 unspecified atom stereocenters. The quantitative estimate of drug-likeness (QED) is 0.747. The van der Waals surface area contributed by atoms with Crippen LogP contribution in [0.5, 0.6) is 0 Å². The van der Waals surface area contributed by atoms with E-state index >= 15 is 0 Å². The number of aryl methyl sites for hydroxylation is 1. The molecule has 1 heterocycles. The molecule has 1 aliphatic rings. The summed E-state index contributed by atoms with van der Waals surface area (Å²) in [5, 5.41) is 9.24. The van der Waals surface area contributed by atoms with Gasteiger partial charge in [0.2, 0.25) is 0 Å². The maximum Gasteiger partial charge on any atom is 0.101 e. The first kappa shape index (κ1) is 13.0. The van der Waals surface area contributed by atoms with Crippen LogP contribution in [0, 0.1) is 23.7 Å². The van der Waals surface area contributed by atoms with Gasteiger partial charge in [0.05, 0.1) is 11.3 Å². The van der Waals surface area contributed by atoms with E-state index in [0.29, 0.717) is 5.41 Å². The summed E-state index contributed by atoms with van der Waals surface area (Å²) in [4.78, 5) is 2.39. The molecule has 2 heteroatoms. The zero-order valence-corrected chi connectivity index (χ0v) is 11.7. The van der Waals surface area contributed by atoms with E-state index in [2.05, 4.69) is 37.8 Å². The monoisotopic (exact) mass is 242 g/mol. The fourth-order valence-corrected chi connectivity index (χ4v) is 2.66. The van der Waals surface area contributed by atoms with Gasteiger partial charge in [-0.05, 0) is 49.3 Å². The van der Waals surface area contributed by atoms with E-state index in [-0.39, 0.29) is 0 Å². The van der Waals surface area contributed by atoms with Crippen molar-refractivity contribution in [2.75, 3.05) is 18.0 Å². The predicted molar refractivity (Wildman–Crippen MR) is 75.7 cm³/mol. The lowest BCUT2D eigenvalue weighted by Crippen LogP contribution is -2.25. The Morgan fingerprint density at radius 3 is 2.72 bits per heavy atom. The summed E-state index contributed by atoms with van der Waals surface area (Å²) in [7, 11) is 0. The third-order valence-electron chi connectivity index (χ3n) is 3.95. The Labute approximate surface area is 110 Å². The van der Waals surface area contributed by atoms with Crippen LogP contribution in [0.15, 0.2) is 18.2 Å². The highest BCUT2D eigenvalue weighted by atomic mass is 15.1. The van der Waals surface area contributed by atoms with Crippen LogP contribution in [0.1, 0.15) is 44.2 Å². The number of anilines is 1. The zero-order valence-electron chi connectivity index (χ0n) is 11.7. The van der Waals surface area contributed by atoms with Crippen molar-refractivity contribution in [3.8, 4) is 6.07 Å². The molecule has 0 N–H and O–H groups in total. The first-order valence-corrected chi connectivity index (χ1v) is 6.77. The molecule has 0 aromatic heterocycles. The highest BCUT2D eigenvalue weighted by molar-refractivity contribution is 5.60. The largest absolute Gasteiger partial charge is 0.370 e. The summed E-state index contributed by atoms with van der Waals surface area (Å²) in [5.41, 5.74) is 3.59. The van der Waals surface area contributed by atoms with Crippen LogP contribution in [-0.4, -0.2) is 13.1 Å². The van der Waals surface area contributed by atoms with Crippen LogP contribution in [-0.2, 0) is 0 Å². The average molecular weight is 242 g/mol. The Hall–Kier alpha value is -1.49. The number of benzene rings is 1. The number of hydrogen-bond acceptors (Lipinski definition) is 2. The fourth-order valence-electron chi connectivity index (χ4n) is 2.66. The van der Waals surface area contributed by atoms with Gasteiger partial charge >= 0.3 is 0 Å². The highest BCUT2D eigenvalue weighted by Gasteiger charge is 2.24. The molecular formula is C16H22N2. The Kier molecular flexibility index (Phi) is 3.61. The molecule has 1 fully saturated rings. The summed E-state index contributed by atoms with van der Waals surface area (Å²) in [6.07, 6.45) is 3.69. The third-order valence-corrected chi connectivity index (χ3v) is 3.95. The summed E-state index contributed by atoms with van der Waals surface area (Å²) >= 11 is 0. The second-order valence-electron chi connectivity index (χ2n) is 6.14. The van der Waals surface area contributed by atoms with Crippen LogP contribution < -0.4 is 4.90 Å². The van der Waals surface area contributed by atoms with Gasteiger partial charge in [-0.25, -0.2) is 0 Å².